The van der Waals surface area contributed by atoms with Gasteiger partial charge < -0.3 is 10.2 Å². The molecule has 1 aliphatic rings. The first-order valence-electron chi connectivity index (χ1n) is 7.17. The van der Waals surface area contributed by atoms with Gasteiger partial charge in [-0.25, -0.2) is 0 Å². The van der Waals surface area contributed by atoms with Gasteiger partial charge in [0.1, 0.15) is 0 Å². The summed E-state index contributed by atoms with van der Waals surface area (Å²) in [5.41, 5.74) is 3.14. The van der Waals surface area contributed by atoms with Crippen LogP contribution in [-0.2, 0) is 4.79 Å². The maximum atomic E-state index is 12.6. The lowest BCUT2D eigenvalue weighted by atomic mass is 10.2. The molecule has 0 radical (unpaired) electrons. The summed E-state index contributed by atoms with van der Waals surface area (Å²) < 4.78 is 1.05. The number of para-hydroxylation sites is 1. The molecule has 0 spiro atoms. The maximum absolute atomic E-state index is 12.6. The number of nitrogens with zero attached hydrogens (tertiary/aromatic N) is 1. The van der Waals surface area contributed by atoms with Crippen molar-refractivity contribution in [3.8, 4) is 0 Å². The van der Waals surface area contributed by atoms with Crippen molar-refractivity contribution in [2.75, 3.05) is 29.1 Å². The summed E-state index contributed by atoms with van der Waals surface area (Å²) in [6.45, 7) is 3.10. The van der Waals surface area contributed by atoms with E-state index in [1.54, 1.807) is 0 Å². The third kappa shape index (κ3) is 3.31. The monoisotopic (exact) mass is 376 g/mol. The molecule has 2 aromatic rings. The Morgan fingerprint density at radius 3 is 2.95 bits per heavy atom. The summed E-state index contributed by atoms with van der Waals surface area (Å²) in [6, 6.07) is 14.1. The zero-order valence-electron chi connectivity index (χ0n) is 12.3. The number of hydrogen-bond donors (Lipinski definition) is 1. The van der Waals surface area contributed by atoms with E-state index in [2.05, 4.69) is 27.3 Å². The summed E-state index contributed by atoms with van der Waals surface area (Å²) >= 11 is 5.26. The van der Waals surface area contributed by atoms with Gasteiger partial charge in [0.15, 0.2) is 0 Å². The van der Waals surface area contributed by atoms with Gasteiger partial charge in [-0.3, -0.25) is 4.79 Å². The number of halogens is 1. The van der Waals surface area contributed by atoms with E-state index in [0.717, 1.165) is 33.7 Å². The largest absolute Gasteiger partial charge is 0.376 e. The van der Waals surface area contributed by atoms with Gasteiger partial charge >= 0.3 is 0 Å². The fourth-order valence-corrected chi connectivity index (χ4v) is 3.99. The number of fused-ring (bicyclic) bond motifs is 1. The Morgan fingerprint density at radius 1 is 1.32 bits per heavy atom. The molecule has 0 fully saturated rings. The fraction of sp³-hybridized carbons (Fsp3) is 0.235. The second kappa shape index (κ2) is 6.75. The third-order valence-electron chi connectivity index (χ3n) is 3.65. The molecular weight excluding hydrogens is 360 g/mol. The first kappa shape index (κ1) is 15.4. The second-order valence-electron chi connectivity index (χ2n) is 5.17. The number of benzene rings is 2. The van der Waals surface area contributed by atoms with Crippen molar-refractivity contribution < 1.29 is 4.79 Å². The molecule has 1 N–H and O–H groups in total. The van der Waals surface area contributed by atoms with E-state index >= 15 is 0 Å². The van der Waals surface area contributed by atoms with Crippen molar-refractivity contribution >= 4 is 45.0 Å². The number of aryl methyl sites for hydroxylation is 1. The SMILES string of the molecule is Cc1cc(Br)ccc1NCC(=O)N1CCSc2ccccc21. The van der Waals surface area contributed by atoms with Crippen molar-refractivity contribution in [3.63, 3.8) is 0 Å². The third-order valence-corrected chi connectivity index (χ3v) is 5.18. The second-order valence-corrected chi connectivity index (χ2v) is 7.23. The van der Waals surface area contributed by atoms with E-state index in [1.807, 2.05) is 60.0 Å². The summed E-state index contributed by atoms with van der Waals surface area (Å²) in [5, 5.41) is 3.25. The lowest BCUT2D eigenvalue weighted by Gasteiger charge is -2.29. The van der Waals surface area contributed by atoms with Gasteiger partial charge in [-0.2, -0.15) is 0 Å². The molecule has 0 saturated carbocycles. The van der Waals surface area contributed by atoms with Gasteiger partial charge in [0.2, 0.25) is 5.91 Å². The predicted molar refractivity (Wildman–Crippen MR) is 96.9 cm³/mol. The minimum absolute atomic E-state index is 0.107. The normalized spacial score (nSPS) is 13.6. The highest BCUT2D eigenvalue weighted by Crippen LogP contribution is 2.34. The molecule has 1 heterocycles. The van der Waals surface area contributed by atoms with Crippen LogP contribution in [0.4, 0.5) is 11.4 Å². The van der Waals surface area contributed by atoms with E-state index < -0.39 is 0 Å². The van der Waals surface area contributed by atoms with E-state index in [1.165, 1.54) is 4.90 Å². The topological polar surface area (TPSA) is 32.3 Å². The van der Waals surface area contributed by atoms with Crippen molar-refractivity contribution in [2.45, 2.75) is 11.8 Å². The van der Waals surface area contributed by atoms with Crippen LogP contribution in [0.2, 0.25) is 0 Å². The number of amides is 1. The highest BCUT2D eigenvalue weighted by atomic mass is 79.9. The molecule has 0 atom stereocenters. The molecule has 1 aliphatic heterocycles. The van der Waals surface area contributed by atoms with Gasteiger partial charge in [0, 0.05) is 27.4 Å². The van der Waals surface area contributed by atoms with Crippen LogP contribution in [0.15, 0.2) is 51.8 Å². The number of hydrogen-bond acceptors (Lipinski definition) is 3. The molecule has 22 heavy (non-hydrogen) atoms. The molecule has 1 amide bonds. The Kier molecular flexibility index (Phi) is 4.74. The van der Waals surface area contributed by atoms with Crippen molar-refractivity contribution in [1.82, 2.24) is 0 Å². The molecule has 0 aromatic heterocycles. The van der Waals surface area contributed by atoms with Gasteiger partial charge in [-0.1, -0.05) is 28.1 Å². The highest BCUT2D eigenvalue weighted by molar-refractivity contribution is 9.10. The quantitative estimate of drug-likeness (QED) is 0.865. The van der Waals surface area contributed by atoms with Crippen molar-refractivity contribution in [2.24, 2.45) is 0 Å². The summed E-state index contributed by atoms with van der Waals surface area (Å²) in [4.78, 5) is 15.6. The standard InChI is InChI=1S/C17H17BrN2OS/c1-12-10-13(18)6-7-14(12)19-11-17(21)20-8-9-22-16-5-3-2-4-15(16)20/h2-7,10,19H,8-9,11H2,1H3. The number of anilines is 2. The molecule has 3 rings (SSSR count). The van der Waals surface area contributed by atoms with Gasteiger partial charge in [0.25, 0.3) is 0 Å². The van der Waals surface area contributed by atoms with E-state index in [-0.39, 0.29) is 5.91 Å². The van der Waals surface area contributed by atoms with Crippen LogP contribution < -0.4 is 10.2 Å². The Hall–Kier alpha value is -1.46. The van der Waals surface area contributed by atoms with Crippen LogP contribution in [0.25, 0.3) is 0 Å². The molecule has 114 valence electrons. The summed E-state index contributed by atoms with van der Waals surface area (Å²) in [5.74, 6) is 1.05. The average molecular weight is 377 g/mol. The average Bonchev–Trinajstić information content (AvgIpc) is 2.53. The first-order valence-corrected chi connectivity index (χ1v) is 8.95. The van der Waals surface area contributed by atoms with E-state index in [4.69, 9.17) is 0 Å². The van der Waals surface area contributed by atoms with Crippen LogP contribution in [0.1, 0.15) is 5.56 Å². The predicted octanol–water partition coefficient (Wildman–Crippen LogP) is 4.31. The maximum Gasteiger partial charge on any atom is 0.246 e. The van der Waals surface area contributed by atoms with Crippen molar-refractivity contribution in [3.05, 3.63) is 52.5 Å². The fourth-order valence-electron chi connectivity index (χ4n) is 2.52. The number of carbonyl (C=O) groups is 1. The lowest BCUT2D eigenvalue weighted by molar-refractivity contribution is -0.117. The lowest BCUT2D eigenvalue weighted by Crippen LogP contribution is -2.39. The molecule has 0 bridgehead atoms. The van der Waals surface area contributed by atoms with Gasteiger partial charge in [0.05, 0.1) is 12.2 Å². The molecule has 0 unspecified atom stereocenters. The number of nitrogens with one attached hydrogen (secondary N) is 1. The molecule has 0 saturated heterocycles. The molecule has 5 heteroatoms. The zero-order valence-corrected chi connectivity index (χ0v) is 14.7. The summed E-state index contributed by atoms with van der Waals surface area (Å²) in [7, 11) is 0. The van der Waals surface area contributed by atoms with E-state index in [0.29, 0.717) is 6.54 Å². The minimum atomic E-state index is 0.107. The Bertz CT molecular complexity index is 705. The Morgan fingerprint density at radius 2 is 2.14 bits per heavy atom. The van der Waals surface area contributed by atoms with Crippen LogP contribution in [0, 0.1) is 6.92 Å². The minimum Gasteiger partial charge on any atom is -0.376 e. The molecule has 3 nitrogen and oxygen atoms in total. The van der Waals surface area contributed by atoms with E-state index in [9.17, 15) is 4.79 Å². The highest BCUT2D eigenvalue weighted by Gasteiger charge is 2.22. The van der Waals surface area contributed by atoms with Crippen LogP contribution in [-0.4, -0.2) is 24.7 Å². The van der Waals surface area contributed by atoms with Crippen LogP contribution >= 0.6 is 27.7 Å². The number of rotatable bonds is 3. The zero-order chi connectivity index (χ0) is 15.5. The molecule has 0 aliphatic carbocycles. The Labute approximate surface area is 143 Å². The van der Waals surface area contributed by atoms with Crippen LogP contribution in [0.3, 0.4) is 0 Å². The van der Waals surface area contributed by atoms with Gasteiger partial charge in [-0.05, 0) is 42.8 Å². The Balaban J connectivity index is 1.70. The summed E-state index contributed by atoms with van der Waals surface area (Å²) in [6.07, 6.45) is 0. The first-order chi connectivity index (χ1) is 10.6. The molecule has 2 aromatic carbocycles. The number of thioether (sulfide) groups is 1. The van der Waals surface area contributed by atoms with Crippen LogP contribution in [0.5, 0.6) is 0 Å². The van der Waals surface area contributed by atoms with Crippen molar-refractivity contribution in [1.29, 1.82) is 0 Å². The molecular formula is C17H17BrN2OS. The smallest absolute Gasteiger partial charge is 0.246 e. The van der Waals surface area contributed by atoms with Gasteiger partial charge in [-0.15, -0.1) is 11.8 Å². The number of carbonyl (C=O) groups excluding carboxylic acids is 1.